The lowest BCUT2D eigenvalue weighted by Crippen LogP contribution is -2.07. The van der Waals surface area contributed by atoms with E-state index in [4.69, 9.17) is 0 Å². The number of nitrogens with one attached hydrogen (secondary N) is 2. The second kappa shape index (κ2) is 11.4. The molecule has 0 aliphatic rings. The minimum Gasteiger partial charge on any atom is -0.465 e. The summed E-state index contributed by atoms with van der Waals surface area (Å²) in [5.41, 5.74) is 3.06. The third-order valence-electron chi connectivity index (χ3n) is 4.32. The summed E-state index contributed by atoms with van der Waals surface area (Å²) in [6, 6.07) is 4.26. The first-order chi connectivity index (χ1) is 16.0. The molecule has 2 N–H and O–H groups in total. The number of methoxy groups -OCH3 is 1. The van der Waals surface area contributed by atoms with Crippen molar-refractivity contribution in [1.82, 2.24) is 24.6 Å². The maximum Gasteiger partial charge on any atom is 0.340 e. The molecule has 0 atom stereocenters. The first-order valence-electron chi connectivity index (χ1n) is 9.19. The summed E-state index contributed by atoms with van der Waals surface area (Å²) in [5.74, 6) is 2.03. The van der Waals surface area contributed by atoms with Crippen molar-refractivity contribution < 1.29 is 18.7 Å². The van der Waals surface area contributed by atoms with E-state index in [9.17, 15) is 14.0 Å². The molecule has 3 aromatic heterocycles. The molecule has 0 aliphatic heterocycles. The fourth-order valence-corrected chi connectivity index (χ4v) is 3.26. The number of fused-ring (bicyclic) bond motifs is 1. The number of carbonyl (C=O) groups excluding carboxylic acids is 2. The number of esters is 1. The Labute approximate surface area is 204 Å². The lowest BCUT2D eigenvalue weighted by molar-refractivity contribution is 0.0601. The molecule has 168 valence electrons. The van der Waals surface area contributed by atoms with E-state index in [1.165, 1.54) is 22.1 Å². The first-order valence-corrected chi connectivity index (χ1v) is 12.5. The number of aromatic amines is 1. The second-order valence-electron chi connectivity index (χ2n) is 6.19. The first kappa shape index (κ1) is 24.2. The number of carbonyl (C=O) groups is 2. The molecule has 1 aromatic carbocycles. The average Bonchev–Trinajstić information content (AvgIpc) is 3.52. The van der Waals surface area contributed by atoms with Gasteiger partial charge in [0.05, 0.1) is 36.3 Å². The summed E-state index contributed by atoms with van der Waals surface area (Å²) in [4.78, 5) is 30.2. The largest absolute Gasteiger partial charge is 0.465 e. The Balaban J connectivity index is 0.000000186. The number of imidazole rings is 1. The highest BCUT2D eigenvalue weighted by Gasteiger charge is 2.15. The van der Waals surface area contributed by atoms with Gasteiger partial charge in [0, 0.05) is 51.9 Å². The van der Waals surface area contributed by atoms with Gasteiger partial charge in [0.2, 0.25) is 5.78 Å². The maximum absolute atomic E-state index is 13.6. The molecule has 3 heterocycles. The van der Waals surface area contributed by atoms with Crippen LogP contribution in [0.4, 0.5) is 10.1 Å². The minimum absolute atomic E-state index is 0.153. The van der Waals surface area contributed by atoms with E-state index >= 15 is 0 Å². The number of anilines is 1. The number of aromatic nitrogens is 5. The number of hydrogen-bond acceptors (Lipinski definition) is 8. The maximum atomic E-state index is 13.6. The highest BCUT2D eigenvalue weighted by atomic mass is 127. The fourth-order valence-electron chi connectivity index (χ4n) is 2.78. The standard InChI is InChI=1S/C11H9FINO2S.C10H7N5O/c1-14-10-5-7(3-4-17-13)9(12)6-8(10)11(15)16-2;16-6-8-1-2-15-9(5-11-10(15)14-8)7-3-12-13-4-7/h5-6,14H,1-2H3;1-6H,(H,12,13). The lowest BCUT2D eigenvalue weighted by Gasteiger charge is -2.08. The molecule has 0 saturated carbocycles. The van der Waals surface area contributed by atoms with Crippen molar-refractivity contribution in [3.8, 4) is 22.4 Å². The number of nitrogens with zero attached hydrogens (tertiary/aromatic N) is 4. The van der Waals surface area contributed by atoms with Crippen LogP contribution in [0.25, 0.3) is 17.0 Å². The molecule has 9 nitrogen and oxygen atoms in total. The van der Waals surface area contributed by atoms with E-state index in [0.717, 1.165) is 17.3 Å². The van der Waals surface area contributed by atoms with Crippen molar-refractivity contribution in [1.29, 1.82) is 0 Å². The number of rotatable bonds is 4. The number of hydrogen-bond donors (Lipinski definition) is 2. The summed E-state index contributed by atoms with van der Waals surface area (Å²) >= 11 is 2.00. The van der Waals surface area contributed by atoms with Crippen molar-refractivity contribution in [2.24, 2.45) is 0 Å². The molecule has 0 fully saturated rings. The fraction of sp³-hybridized carbons (Fsp3) is 0.0952. The van der Waals surface area contributed by atoms with E-state index in [1.54, 1.807) is 42.3 Å². The predicted octanol–water partition coefficient (Wildman–Crippen LogP) is 3.98. The van der Waals surface area contributed by atoms with Crippen molar-refractivity contribution in [2.75, 3.05) is 19.5 Å². The lowest BCUT2D eigenvalue weighted by atomic mass is 10.1. The number of ether oxygens (including phenoxy) is 1. The molecule has 12 heteroatoms. The van der Waals surface area contributed by atoms with Crippen LogP contribution in [0.15, 0.2) is 43.0 Å². The topological polar surface area (TPSA) is 114 Å². The van der Waals surface area contributed by atoms with Gasteiger partial charge in [0.25, 0.3) is 0 Å². The van der Waals surface area contributed by atoms with Crippen molar-refractivity contribution in [2.45, 2.75) is 0 Å². The van der Waals surface area contributed by atoms with Crippen LogP contribution < -0.4 is 5.32 Å². The molecule has 0 bridgehead atoms. The van der Waals surface area contributed by atoms with Gasteiger partial charge >= 0.3 is 5.97 Å². The molecule has 4 aromatic rings. The van der Waals surface area contributed by atoms with E-state index in [2.05, 4.69) is 41.4 Å². The predicted molar refractivity (Wildman–Crippen MR) is 132 cm³/mol. The van der Waals surface area contributed by atoms with Crippen LogP contribution in [0.1, 0.15) is 26.4 Å². The van der Waals surface area contributed by atoms with Crippen molar-refractivity contribution in [3.05, 3.63) is 65.6 Å². The van der Waals surface area contributed by atoms with Gasteiger partial charge in [-0.05, 0) is 32.4 Å². The number of halogens is 2. The molecule has 0 saturated heterocycles. The van der Waals surface area contributed by atoms with Gasteiger partial charge in [-0.15, -0.1) is 0 Å². The molecule has 33 heavy (non-hydrogen) atoms. The monoisotopic (exact) mass is 578 g/mol. The van der Waals surface area contributed by atoms with Crippen molar-refractivity contribution in [3.63, 3.8) is 0 Å². The van der Waals surface area contributed by atoms with Gasteiger partial charge in [0.15, 0.2) is 6.29 Å². The molecular weight excluding hydrogens is 562 g/mol. The van der Waals surface area contributed by atoms with Crippen LogP contribution in [0.2, 0.25) is 0 Å². The molecule has 0 spiro atoms. The van der Waals surface area contributed by atoms with Gasteiger partial charge < -0.3 is 10.1 Å². The van der Waals surface area contributed by atoms with Crippen LogP contribution in [0.5, 0.6) is 0 Å². The average molecular weight is 578 g/mol. The van der Waals surface area contributed by atoms with Crippen LogP contribution in [0, 0.1) is 17.0 Å². The zero-order valence-electron chi connectivity index (χ0n) is 17.3. The number of benzene rings is 1. The summed E-state index contributed by atoms with van der Waals surface area (Å²) in [6.07, 6.45) is 7.64. The molecule has 0 amide bonds. The summed E-state index contributed by atoms with van der Waals surface area (Å²) in [5, 5.41) is 12.1. The molecule has 4 rings (SSSR count). The van der Waals surface area contributed by atoms with Crippen LogP contribution in [0.3, 0.4) is 0 Å². The zero-order chi connectivity index (χ0) is 23.8. The molecule has 0 unspecified atom stereocenters. The quantitative estimate of drug-likeness (QED) is 0.162. The Morgan fingerprint density at radius 1 is 1.39 bits per heavy atom. The molecule has 0 aliphatic carbocycles. The van der Waals surface area contributed by atoms with E-state index in [1.807, 2.05) is 21.2 Å². The van der Waals surface area contributed by atoms with Crippen LogP contribution >= 0.6 is 30.1 Å². The van der Waals surface area contributed by atoms with Crippen molar-refractivity contribution >= 4 is 53.9 Å². The highest BCUT2D eigenvalue weighted by Crippen LogP contribution is 2.22. The zero-order valence-corrected chi connectivity index (χ0v) is 20.3. The van der Waals surface area contributed by atoms with Crippen LogP contribution in [-0.4, -0.2) is 51.0 Å². The van der Waals surface area contributed by atoms with Gasteiger partial charge in [-0.25, -0.2) is 19.2 Å². The van der Waals surface area contributed by atoms with Crippen LogP contribution in [-0.2, 0) is 4.74 Å². The Hall–Kier alpha value is -3.44. The van der Waals surface area contributed by atoms with E-state index in [0.29, 0.717) is 23.4 Å². The normalized spacial score (nSPS) is 9.94. The smallest absolute Gasteiger partial charge is 0.340 e. The highest BCUT2D eigenvalue weighted by molar-refractivity contribution is 14.2. The third kappa shape index (κ3) is 5.68. The molecular formula is C21H16FIN6O3S. The summed E-state index contributed by atoms with van der Waals surface area (Å²) in [6.45, 7) is 0. The Bertz CT molecular complexity index is 1350. The second-order valence-corrected chi connectivity index (χ2v) is 7.87. The van der Waals surface area contributed by atoms with Gasteiger partial charge in [0.1, 0.15) is 11.5 Å². The Morgan fingerprint density at radius 3 is 2.85 bits per heavy atom. The SMILES string of the molecule is CNc1cc(C#CSI)c(F)cc1C(=O)OC.O=Cc1ccn2c(-c3cn[nH]c3)cnc2n1. The Kier molecular flexibility index (Phi) is 8.39. The number of aldehydes is 1. The van der Waals surface area contributed by atoms with E-state index < -0.39 is 11.8 Å². The van der Waals surface area contributed by atoms with E-state index in [-0.39, 0.29) is 11.1 Å². The minimum atomic E-state index is -0.587. The van der Waals surface area contributed by atoms with Gasteiger partial charge in [-0.3, -0.25) is 14.3 Å². The van der Waals surface area contributed by atoms with Gasteiger partial charge in [-0.2, -0.15) is 5.10 Å². The molecule has 0 radical (unpaired) electrons. The number of H-pyrrole nitrogens is 1. The third-order valence-corrected chi connectivity index (χ3v) is 5.16. The Morgan fingerprint density at radius 2 is 2.21 bits per heavy atom. The summed E-state index contributed by atoms with van der Waals surface area (Å²) in [7, 11) is 4.16. The summed E-state index contributed by atoms with van der Waals surface area (Å²) < 4.78 is 20.0. The van der Waals surface area contributed by atoms with Gasteiger partial charge in [-0.1, -0.05) is 5.92 Å².